The van der Waals surface area contributed by atoms with Crippen LogP contribution in [-0.2, 0) is 0 Å². The number of hydrogen-bond donors (Lipinski definition) is 2. The highest BCUT2D eigenvalue weighted by atomic mass is 35.5. The fourth-order valence-electron chi connectivity index (χ4n) is 2.74. The van der Waals surface area contributed by atoms with Crippen LogP contribution in [-0.4, -0.2) is 42.9 Å². The zero-order valence-corrected chi connectivity index (χ0v) is 20.3. The van der Waals surface area contributed by atoms with Crippen LogP contribution in [0.1, 0.15) is 20.8 Å². The van der Waals surface area contributed by atoms with Crippen molar-refractivity contribution in [3.05, 3.63) is 83.0 Å². The second-order valence-corrected chi connectivity index (χ2v) is 8.23. The van der Waals surface area contributed by atoms with E-state index in [1.807, 2.05) is 62.3 Å². The van der Waals surface area contributed by atoms with E-state index in [0.29, 0.717) is 17.5 Å². The van der Waals surface area contributed by atoms with Gasteiger partial charge >= 0.3 is 0 Å². The number of nitrogens with zero attached hydrogens (tertiary/aromatic N) is 2. The number of ether oxygens (including phenoxy) is 1. The summed E-state index contributed by atoms with van der Waals surface area (Å²) in [5.41, 5.74) is 3.45. The van der Waals surface area contributed by atoms with Gasteiger partial charge in [-0.2, -0.15) is 0 Å². The van der Waals surface area contributed by atoms with E-state index >= 15 is 0 Å². The van der Waals surface area contributed by atoms with Crippen molar-refractivity contribution in [2.24, 2.45) is 4.99 Å². The fraction of sp³-hybridized carbons (Fsp3) is 0.292. The highest BCUT2D eigenvalue weighted by Gasteiger charge is 2.18. The van der Waals surface area contributed by atoms with E-state index < -0.39 is 0 Å². The standard InChI is InChI=1S/C21H26ClN3O2S.C3H6/c1-15(2)21(25-11-16(13-26)9-17(22)12-25)20(23-3)10-24-14-28-19-7-5-18(27-4)6-8-19;1-3-2/h5-11,24,26H,3,12-14H2,1-2,4H3;3H,1H2,2H3/b20-10-;. The Labute approximate surface area is 195 Å². The van der Waals surface area contributed by atoms with E-state index in [0.717, 1.165) is 33.2 Å². The lowest BCUT2D eigenvalue weighted by atomic mass is 10.1. The van der Waals surface area contributed by atoms with Gasteiger partial charge in [-0.1, -0.05) is 23.3 Å². The average molecular weight is 462 g/mol. The van der Waals surface area contributed by atoms with Crippen molar-refractivity contribution in [3.8, 4) is 5.75 Å². The van der Waals surface area contributed by atoms with Gasteiger partial charge in [0.15, 0.2) is 0 Å². The number of rotatable bonds is 9. The summed E-state index contributed by atoms with van der Waals surface area (Å²) in [6, 6.07) is 7.92. The topological polar surface area (TPSA) is 57.1 Å². The number of methoxy groups -OCH3 is 1. The number of thioether (sulfide) groups is 1. The Balaban J connectivity index is 0.00000151. The van der Waals surface area contributed by atoms with Crippen molar-refractivity contribution >= 4 is 30.1 Å². The molecule has 168 valence electrons. The first-order valence-electron chi connectivity index (χ1n) is 9.76. The van der Waals surface area contributed by atoms with Crippen LogP contribution in [0.5, 0.6) is 5.75 Å². The number of aliphatic hydroxyl groups is 1. The van der Waals surface area contributed by atoms with Gasteiger partial charge in [-0.15, -0.1) is 18.3 Å². The molecule has 1 aromatic carbocycles. The van der Waals surface area contributed by atoms with E-state index in [1.165, 1.54) is 0 Å². The lowest BCUT2D eigenvalue weighted by Gasteiger charge is -2.28. The maximum atomic E-state index is 9.47. The van der Waals surface area contributed by atoms with Crippen molar-refractivity contribution in [1.82, 2.24) is 10.2 Å². The average Bonchev–Trinajstić information content (AvgIpc) is 2.76. The third-order valence-electron chi connectivity index (χ3n) is 3.96. The highest BCUT2D eigenvalue weighted by Crippen LogP contribution is 2.27. The van der Waals surface area contributed by atoms with Crippen LogP contribution in [0.4, 0.5) is 0 Å². The van der Waals surface area contributed by atoms with Crippen molar-refractivity contribution in [1.29, 1.82) is 0 Å². The maximum Gasteiger partial charge on any atom is 0.118 e. The molecule has 2 rings (SSSR count). The molecule has 31 heavy (non-hydrogen) atoms. The lowest BCUT2D eigenvalue weighted by molar-refractivity contribution is 0.329. The number of aliphatic imine (C=N–C) groups is 1. The van der Waals surface area contributed by atoms with Crippen LogP contribution in [0.15, 0.2) is 92.9 Å². The Morgan fingerprint density at radius 3 is 2.52 bits per heavy atom. The Bertz CT molecular complexity index is 854. The van der Waals surface area contributed by atoms with E-state index in [4.69, 9.17) is 16.3 Å². The molecule has 0 aromatic heterocycles. The third kappa shape index (κ3) is 9.09. The molecule has 1 aliphatic rings. The van der Waals surface area contributed by atoms with Crippen LogP contribution in [0.2, 0.25) is 0 Å². The molecule has 1 aromatic rings. The minimum absolute atomic E-state index is 0.0694. The SMILES string of the molecule is C=CC.C=N/C(=C\NCSc1ccc(OC)cc1)C(=C(C)C)N1C=C(CO)C=C(Cl)C1. The van der Waals surface area contributed by atoms with Gasteiger partial charge < -0.3 is 20.1 Å². The molecular weight excluding hydrogens is 430 g/mol. The Kier molecular flexibility index (Phi) is 12.5. The van der Waals surface area contributed by atoms with Crippen LogP contribution in [0, 0.1) is 0 Å². The third-order valence-corrected chi connectivity index (χ3v) is 5.11. The van der Waals surface area contributed by atoms with Crippen molar-refractivity contribution in [3.63, 3.8) is 0 Å². The molecule has 0 bridgehead atoms. The summed E-state index contributed by atoms with van der Waals surface area (Å²) in [5.74, 6) is 1.52. The summed E-state index contributed by atoms with van der Waals surface area (Å²) >= 11 is 7.92. The predicted octanol–water partition coefficient (Wildman–Crippen LogP) is 5.68. The molecule has 0 amide bonds. The van der Waals surface area contributed by atoms with E-state index in [-0.39, 0.29) is 6.61 Å². The molecule has 1 heterocycles. The quantitative estimate of drug-likeness (QED) is 0.124. The molecule has 0 spiro atoms. The summed E-state index contributed by atoms with van der Waals surface area (Å²) in [4.78, 5) is 7.32. The first-order chi connectivity index (χ1) is 14.9. The van der Waals surface area contributed by atoms with Gasteiger partial charge in [0.2, 0.25) is 0 Å². The van der Waals surface area contributed by atoms with Crippen molar-refractivity contribution in [2.45, 2.75) is 25.7 Å². The molecule has 7 heteroatoms. The predicted molar refractivity (Wildman–Crippen MR) is 135 cm³/mol. The summed E-state index contributed by atoms with van der Waals surface area (Å²) in [6.45, 7) is 13.4. The number of nitrogens with one attached hydrogen (secondary N) is 1. The molecule has 0 saturated carbocycles. The summed E-state index contributed by atoms with van der Waals surface area (Å²) in [7, 11) is 1.66. The zero-order valence-electron chi connectivity index (χ0n) is 18.7. The van der Waals surface area contributed by atoms with Gasteiger partial charge in [0.05, 0.1) is 31.8 Å². The number of halogens is 1. The molecular formula is C24H32ClN3O2S. The van der Waals surface area contributed by atoms with Gasteiger partial charge in [0, 0.05) is 22.3 Å². The van der Waals surface area contributed by atoms with Crippen LogP contribution in [0.25, 0.3) is 0 Å². The molecule has 2 N–H and O–H groups in total. The van der Waals surface area contributed by atoms with Gasteiger partial charge in [0.25, 0.3) is 0 Å². The normalized spacial score (nSPS) is 13.2. The van der Waals surface area contributed by atoms with E-state index in [2.05, 4.69) is 23.6 Å². The van der Waals surface area contributed by atoms with Crippen molar-refractivity contribution < 1.29 is 9.84 Å². The minimum Gasteiger partial charge on any atom is -0.497 e. The van der Waals surface area contributed by atoms with E-state index in [9.17, 15) is 5.11 Å². The first kappa shape index (κ1) is 26.6. The van der Waals surface area contributed by atoms with Gasteiger partial charge in [-0.05, 0) is 63.4 Å². The largest absolute Gasteiger partial charge is 0.497 e. The first-order valence-corrected chi connectivity index (χ1v) is 11.1. The molecule has 1 aliphatic heterocycles. The van der Waals surface area contributed by atoms with Crippen LogP contribution in [0.3, 0.4) is 0 Å². The minimum atomic E-state index is -0.0694. The van der Waals surface area contributed by atoms with Gasteiger partial charge in [-0.3, -0.25) is 4.99 Å². The van der Waals surface area contributed by atoms with Crippen molar-refractivity contribution in [2.75, 3.05) is 26.1 Å². The Hall–Kier alpha value is -2.41. The molecule has 0 radical (unpaired) electrons. The van der Waals surface area contributed by atoms with Crippen LogP contribution < -0.4 is 10.1 Å². The van der Waals surface area contributed by atoms with Crippen LogP contribution >= 0.6 is 23.4 Å². The summed E-state index contributed by atoms with van der Waals surface area (Å²) in [5, 5.41) is 13.4. The second kappa shape index (κ2) is 14.6. The Morgan fingerprint density at radius 1 is 1.35 bits per heavy atom. The summed E-state index contributed by atoms with van der Waals surface area (Å²) in [6.07, 6.45) is 7.28. The summed E-state index contributed by atoms with van der Waals surface area (Å²) < 4.78 is 5.17. The molecule has 5 nitrogen and oxygen atoms in total. The van der Waals surface area contributed by atoms with Gasteiger partial charge in [-0.25, -0.2) is 0 Å². The second-order valence-electron chi connectivity index (χ2n) is 6.69. The Morgan fingerprint density at radius 2 is 2.00 bits per heavy atom. The molecule has 0 saturated heterocycles. The molecule has 0 atom stereocenters. The fourth-order valence-corrected chi connectivity index (χ4v) is 3.67. The highest BCUT2D eigenvalue weighted by molar-refractivity contribution is 7.99. The molecule has 0 fully saturated rings. The molecule has 0 aliphatic carbocycles. The zero-order chi connectivity index (χ0) is 23.2. The van der Waals surface area contributed by atoms with E-state index in [1.54, 1.807) is 31.0 Å². The number of allylic oxidation sites excluding steroid dienone is 2. The smallest absolute Gasteiger partial charge is 0.118 e. The van der Waals surface area contributed by atoms with Gasteiger partial charge in [0.1, 0.15) is 11.4 Å². The molecule has 0 unspecified atom stereocenters. The number of hydrogen-bond acceptors (Lipinski definition) is 6. The number of benzene rings is 1. The maximum absolute atomic E-state index is 9.47. The monoisotopic (exact) mass is 461 g/mol. The number of aliphatic hydroxyl groups excluding tert-OH is 1. The lowest BCUT2D eigenvalue weighted by Crippen LogP contribution is -2.24.